The van der Waals surface area contributed by atoms with E-state index in [1.165, 1.54) is 0 Å². The Bertz CT molecular complexity index is 438. The van der Waals surface area contributed by atoms with Crippen LogP contribution in [0, 0.1) is 6.92 Å². The second-order valence-corrected chi connectivity index (χ2v) is 2.88. The highest BCUT2D eigenvalue weighted by atomic mass is 16.5. The van der Waals surface area contributed by atoms with Crippen LogP contribution in [-0.4, -0.2) is 15.1 Å². The van der Waals surface area contributed by atoms with Gasteiger partial charge in [0.2, 0.25) is 0 Å². The molecule has 0 amide bonds. The highest BCUT2D eigenvalue weighted by Gasteiger charge is 2.08. The lowest BCUT2D eigenvalue weighted by molar-refractivity contribution is 0.421. The second-order valence-electron chi connectivity index (χ2n) is 2.88. The normalized spacial score (nSPS) is 10.4. The molecule has 72 valence electrons. The van der Waals surface area contributed by atoms with Crippen molar-refractivity contribution >= 4 is 0 Å². The highest BCUT2D eigenvalue weighted by molar-refractivity contribution is 5.46. The van der Waals surface area contributed by atoms with Gasteiger partial charge in [0.1, 0.15) is 5.69 Å². The van der Waals surface area contributed by atoms with E-state index < -0.39 is 0 Å². The number of nitrogens with zero attached hydrogens (tertiary/aromatic N) is 3. The molecule has 2 aromatic heterocycles. The molecule has 5 nitrogen and oxygen atoms in total. The zero-order valence-corrected chi connectivity index (χ0v) is 7.77. The van der Waals surface area contributed by atoms with E-state index in [2.05, 4.69) is 15.1 Å². The number of rotatable bonds is 2. The predicted octanol–water partition coefficient (Wildman–Crippen LogP) is 0.899. The maximum atomic E-state index is 5.37. The van der Waals surface area contributed by atoms with Gasteiger partial charge in [-0.05, 0) is 19.1 Å². The highest BCUT2D eigenvalue weighted by Crippen LogP contribution is 2.14. The maximum absolute atomic E-state index is 5.37. The van der Waals surface area contributed by atoms with Crippen molar-refractivity contribution in [3.63, 3.8) is 0 Å². The quantitative estimate of drug-likeness (QED) is 0.761. The first-order valence-electron chi connectivity index (χ1n) is 4.26. The Labute approximate surface area is 81.0 Å². The van der Waals surface area contributed by atoms with Crippen LogP contribution in [0.3, 0.4) is 0 Å². The molecule has 0 aromatic carbocycles. The summed E-state index contributed by atoms with van der Waals surface area (Å²) in [7, 11) is 0. The third-order valence-corrected chi connectivity index (χ3v) is 1.76. The molecule has 0 unspecified atom stereocenters. The van der Waals surface area contributed by atoms with Gasteiger partial charge in [0.15, 0.2) is 5.82 Å². The van der Waals surface area contributed by atoms with E-state index in [1.807, 2.05) is 25.1 Å². The van der Waals surface area contributed by atoms with Crippen LogP contribution in [-0.2, 0) is 6.54 Å². The topological polar surface area (TPSA) is 77.8 Å². The lowest BCUT2D eigenvalue weighted by Crippen LogP contribution is -1.97. The van der Waals surface area contributed by atoms with Crippen LogP contribution in [0.15, 0.2) is 22.7 Å². The first kappa shape index (κ1) is 8.83. The molecule has 0 atom stereocenters. The van der Waals surface area contributed by atoms with Crippen molar-refractivity contribution < 1.29 is 4.52 Å². The lowest BCUT2D eigenvalue weighted by Gasteiger charge is -1.93. The SMILES string of the molecule is Cc1cccc(-c2nc(CN)no2)n1. The minimum absolute atomic E-state index is 0.273. The Morgan fingerprint density at radius 1 is 1.36 bits per heavy atom. The van der Waals surface area contributed by atoms with Crippen LogP contribution in [0.1, 0.15) is 11.5 Å². The zero-order chi connectivity index (χ0) is 9.97. The summed E-state index contributed by atoms with van der Waals surface area (Å²) in [4.78, 5) is 8.33. The van der Waals surface area contributed by atoms with E-state index in [0.29, 0.717) is 17.4 Å². The van der Waals surface area contributed by atoms with Gasteiger partial charge in [-0.25, -0.2) is 4.98 Å². The molecule has 0 aliphatic carbocycles. The summed E-state index contributed by atoms with van der Waals surface area (Å²) in [5, 5.41) is 3.69. The first-order chi connectivity index (χ1) is 6.79. The van der Waals surface area contributed by atoms with E-state index in [-0.39, 0.29) is 6.54 Å². The molecule has 0 aliphatic heterocycles. The van der Waals surface area contributed by atoms with Gasteiger partial charge in [0.25, 0.3) is 5.89 Å². The van der Waals surface area contributed by atoms with Crippen molar-refractivity contribution in [2.75, 3.05) is 0 Å². The molecule has 0 saturated heterocycles. The fourth-order valence-corrected chi connectivity index (χ4v) is 1.10. The second kappa shape index (κ2) is 3.55. The number of aryl methyl sites for hydroxylation is 1. The van der Waals surface area contributed by atoms with Crippen LogP contribution in [0.2, 0.25) is 0 Å². The van der Waals surface area contributed by atoms with Gasteiger partial charge in [-0.15, -0.1) is 0 Å². The summed E-state index contributed by atoms with van der Waals surface area (Å²) in [5.74, 6) is 0.900. The fraction of sp³-hybridized carbons (Fsp3) is 0.222. The number of pyridine rings is 1. The third kappa shape index (κ3) is 1.62. The molecular weight excluding hydrogens is 180 g/mol. The molecule has 2 N–H and O–H groups in total. The molecule has 0 saturated carbocycles. The molecule has 14 heavy (non-hydrogen) atoms. The molecule has 0 spiro atoms. The Morgan fingerprint density at radius 2 is 2.21 bits per heavy atom. The summed E-state index contributed by atoms with van der Waals surface area (Å²) in [6.07, 6.45) is 0. The number of aromatic nitrogens is 3. The minimum Gasteiger partial charge on any atom is -0.332 e. The molecule has 2 heterocycles. The summed E-state index contributed by atoms with van der Waals surface area (Å²) in [5.41, 5.74) is 6.96. The zero-order valence-electron chi connectivity index (χ0n) is 7.77. The van der Waals surface area contributed by atoms with Crippen molar-refractivity contribution in [1.29, 1.82) is 0 Å². The Balaban J connectivity index is 2.39. The molecule has 2 rings (SSSR count). The molecule has 0 radical (unpaired) electrons. The predicted molar refractivity (Wildman–Crippen MR) is 50.2 cm³/mol. The van der Waals surface area contributed by atoms with E-state index in [1.54, 1.807) is 0 Å². The van der Waals surface area contributed by atoms with Crippen molar-refractivity contribution in [2.24, 2.45) is 5.73 Å². The average Bonchev–Trinajstić information content (AvgIpc) is 2.66. The van der Waals surface area contributed by atoms with Gasteiger partial charge in [0, 0.05) is 5.69 Å². The molecule has 0 bridgehead atoms. The van der Waals surface area contributed by atoms with Crippen LogP contribution in [0.25, 0.3) is 11.6 Å². The van der Waals surface area contributed by atoms with E-state index >= 15 is 0 Å². The smallest absolute Gasteiger partial charge is 0.276 e. The lowest BCUT2D eigenvalue weighted by atomic mass is 10.3. The largest absolute Gasteiger partial charge is 0.332 e. The van der Waals surface area contributed by atoms with E-state index in [4.69, 9.17) is 10.3 Å². The van der Waals surface area contributed by atoms with Crippen molar-refractivity contribution in [3.8, 4) is 11.6 Å². The third-order valence-electron chi connectivity index (χ3n) is 1.76. The van der Waals surface area contributed by atoms with Crippen molar-refractivity contribution in [2.45, 2.75) is 13.5 Å². The van der Waals surface area contributed by atoms with Crippen LogP contribution in [0.5, 0.6) is 0 Å². The van der Waals surface area contributed by atoms with Crippen molar-refractivity contribution in [3.05, 3.63) is 29.7 Å². The van der Waals surface area contributed by atoms with Gasteiger partial charge >= 0.3 is 0 Å². The molecule has 5 heteroatoms. The monoisotopic (exact) mass is 190 g/mol. The first-order valence-corrected chi connectivity index (χ1v) is 4.26. The molecular formula is C9H10N4O. The van der Waals surface area contributed by atoms with Gasteiger partial charge in [-0.2, -0.15) is 4.98 Å². The van der Waals surface area contributed by atoms with Crippen LogP contribution >= 0.6 is 0 Å². The standard InChI is InChI=1S/C9H10N4O/c1-6-3-2-4-7(11-6)9-12-8(5-10)13-14-9/h2-4H,5,10H2,1H3. The van der Waals surface area contributed by atoms with Gasteiger partial charge < -0.3 is 10.3 Å². The number of hydrogen-bond acceptors (Lipinski definition) is 5. The Kier molecular flexibility index (Phi) is 2.24. The summed E-state index contributed by atoms with van der Waals surface area (Å²) < 4.78 is 4.99. The van der Waals surface area contributed by atoms with E-state index in [0.717, 1.165) is 5.69 Å². The van der Waals surface area contributed by atoms with Crippen LogP contribution < -0.4 is 5.73 Å². The Hall–Kier alpha value is -1.75. The van der Waals surface area contributed by atoms with Gasteiger partial charge in [-0.1, -0.05) is 11.2 Å². The van der Waals surface area contributed by atoms with Crippen LogP contribution in [0.4, 0.5) is 0 Å². The fourth-order valence-electron chi connectivity index (χ4n) is 1.10. The molecule has 0 aliphatic rings. The summed E-state index contributed by atoms with van der Waals surface area (Å²) in [6.45, 7) is 2.18. The van der Waals surface area contributed by atoms with E-state index in [9.17, 15) is 0 Å². The Morgan fingerprint density at radius 3 is 2.86 bits per heavy atom. The summed E-state index contributed by atoms with van der Waals surface area (Å²) >= 11 is 0. The minimum atomic E-state index is 0.273. The maximum Gasteiger partial charge on any atom is 0.276 e. The molecule has 0 fully saturated rings. The number of nitrogens with two attached hydrogens (primary N) is 1. The average molecular weight is 190 g/mol. The van der Waals surface area contributed by atoms with Crippen molar-refractivity contribution in [1.82, 2.24) is 15.1 Å². The van der Waals surface area contributed by atoms with Gasteiger partial charge in [-0.3, -0.25) is 0 Å². The van der Waals surface area contributed by atoms with Gasteiger partial charge in [0.05, 0.1) is 6.54 Å². The molecule has 2 aromatic rings. The number of hydrogen-bond donors (Lipinski definition) is 1. The summed E-state index contributed by atoms with van der Waals surface area (Å²) in [6, 6.07) is 5.62.